The normalized spacial score (nSPS) is 19.9. The Morgan fingerprint density at radius 2 is 2.06 bits per heavy atom. The van der Waals surface area contributed by atoms with Crippen molar-refractivity contribution in [2.75, 3.05) is 0 Å². The molecule has 0 saturated heterocycles. The maximum Gasteiger partial charge on any atom is 0.313 e. The third kappa shape index (κ3) is 2.74. The van der Waals surface area contributed by atoms with E-state index in [4.69, 9.17) is 9.72 Å². The summed E-state index contributed by atoms with van der Waals surface area (Å²) in [6.07, 6.45) is 1.80. The molecule has 7 nitrogen and oxygen atoms in total. The van der Waals surface area contributed by atoms with Crippen LogP contribution in [-0.4, -0.2) is 21.4 Å². The summed E-state index contributed by atoms with van der Waals surface area (Å²) in [6.45, 7) is 5.42. The molecule has 6 rings (SSSR count). The van der Waals surface area contributed by atoms with Crippen LogP contribution in [0.25, 0.3) is 22.3 Å². The molecule has 2 aliphatic heterocycles. The molecule has 34 heavy (non-hydrogen) atoms. The number of amides is 1. The maximum atomic E-state index is 14.8. The van der Waals surface area contributed by atoms with Gasteiger partial charge in [-0.2, -0.15) is 0 Å². The van der Waals surface area contributed by atoms with Crippen molar-refractivity contribution in [1.82, 2.24) is 14.9 Å². The molecule has 0 fully saturated rings. The monoisotopic (exact) mass is 461 g/mol. The highest BCUT2D eigenvalue weighted by atomic mass is 19.1. The summed E-state index contributed by atoms with van der Waals surface area (Å²) in [7, 11) is 0. The van der Waals surface area contributed by atoms with E-state index in [9.17, 15) is 18.8 Å². The van der Waals surface area contributed by atoms with Crippen LogP contribution in [0.15, 0.2) is 16.9 Å². The van der Waals surface area contributed by atoms with Gasteiger partial charge >= 0.3 is 5.97 Å². The van der Waals surface area contributed by atoms with Crippen LogP contribution in [0.2, 0.25) is 0 Å². The molecule has 3 aromatic rings. The molecule has 0 bridgehead atoms. The van der Waals surface area contributed by atoms with Crippen LogP contribution < -0.4 is 10.9 Å². The predicted molar refractivity (Wildman–Crippen MR) is 123 cm³/mol. The lowest BCUT2D eigenvalue weighted by molar-refractivity contribution is -0.148. The number of aromatic nitrogens is 2. The quantitative estimate of drug-likeness (QED) is 0.461. The lowest BCUT2D eigenvalue weighted by Gasteiger charge is -2.29. The van der Waals surface area contributed by atoms with Crippen LogP contribution >= 0.6 is 0 Å². The van der Waals surface area contributed by atoms with E-state index in [1.165, 1.54) is 13.0 Å². The first kappa shape index (κ1) is 21.0. The average molecular weight is 461 g/mol. The standard InChI is InChI=1S/C26H24FN3O4/c1-4-13-15-7-21-24-16(9-30(21)25(32)17(15)10-34-26(13)33)23-19(28-12(3)31)6-5-14-11(2)18(27)8-20(29-24)22(14)23/h7-8,13,19H,4-6,9-10H2,1-3H3,(H,28,31)/t13-,19+/m1/s1. The molecule has 8 heteroatoms. The second-order valence-electron chi connectivity index (χ2n) is 9.42. The molecule has 0 spiro atoms. The summed E-state index contributed by atoms with van der Waals surface area (Å²) in [4.78, 5) is 42.7. The number of aryl methyl sites for hydroxylation is 1. The van der Waals surface area contributed by atoms with Crippen LogP contribution in [-0.2, 0) is 33.9 Å². The first-order valence-electron chi connectivity index (χ1n) is 11.6. The number of rotatable bonds is 2. The third-order valence-electron chi connectivity index (χ3n) is 7.57. The topological polar surface area (TPSA) is 90.3 Å². The van der Waals surface area contributed by atoms with Crippen LogP contribution in [0.3, 0.4) is 0 Å². The minimum Gasteiger partial charge on any atom is -0.460 e. The zero-order valence-corrected chi connectivity index (χ0v) is 19.3. The van der Waals surface area contributed by atoms with Crippen molar-refractivity contribution in [2.45, 2.75) is 65.1 Å². The highest BCUT2D eigenvalue weighted by Crippen LogP contribution is 2.45. The van der Waals surface area contributed by atoms with Crippen molar-refractivity contribution >= 4 is 22.8 Å². The second kappa shape index (κ2) is 7.22. The number of hydrogen-bond donors (Lipinski definition) is 1. The van der Waals surface area contributed by atoms with Gasteiger partial charge in [-0.3, -0.25) is 14.4 Å². The number of benzene rings is 1. The fourth-order valence-electron chi connectivity index (χ4n) is 5.97. The molecule has 174 valence electrons. The summed E-state index contributed by atoms with van der Waals surface area (Å²) in [5.41, 5.74) is 6.06. The summed E-state index contributed by atoms with van der Waals surface area (Å²) in [5.74, 6) is -1.28. The Bertz CT molecular complexity index is 1510. The van der Waals surface area contributed by atoms with Crippen LogP contribution in [0.5, 0.6) is 0 Å². The zero-order chi connectivity index (χ0) is 23.9. The number of nitrogens with one attached hydrogen (secondary N) is 1. The molecule has 2 aromatic heterocycles. The molecule has 2 atom stereocenters. The van der Waals surface area contributed by atoms with E-state index < -0.39 is 5.92 Å². The number of pyridine rings is 2. The van der Waals surface area contributed by atoms with Crippen LogP contribution in [0.4, 0.5) is 4.39 Å². The lowest BCUT2D eigenvalue weighted by atomic mass is 9.81. The molecule has 0 saturated carbocycles. The Morgan fingerprint density at radius 1 is 1.26 bits per heavy atom. The fourth-order valence-corrected chi connectivity index (χ4v) is 5.97. The van der Waals surface area contributed by atoms with Gasteiger partial charge in [0.2, 0.25) is 5.91 Å². The summed E-state index contributed by atoms with van der Waals surface area (Å²) >= 11 is 0. The molecule has 1 aromatic carbocycles. The van der Waals surface area contributed by atoms with E-state index in [0.717, 1.165) is 22.1 Å². The minimum absolute atomic E-state index is 0.0363. The van der Waals surface area contributed by atoms with Gasteiger partial charge in [0.05, 0.1) is 41.0 Å². The molecule has 1 amide bonds. The lowest BCUT2D eigenvalue weighted by Crippen LogP contribution is -2.32. The zero-order valence-electron chi connectivity index (χ0n) is 19.3. The van der Waals surface area contributed by atoms with Gasteiger partial charge < -0.3 is 14.6 Å². The first-order valence-corrected chi connectivity index (χ1v) is 11.6. The molecule has 0 radical (unpaired) electrons. The van der Waals surface area contributed by atoms with Crippen molar-refractivity contribution < 1.29 is 18.7 Å². The van der Waals surface area contributed by atoms with Gasteiger partial charge in [-0.15, -0.1) is 0 Å². The predicted octanol–water partition coefficient (Wildman–Crippen LogP) is 3.55. The van der Waals surface area contributed by atoms with Gasteiger partial charge in [0, 0.05) is 23.9 Å². The van der Waals surface area contributed by atoms with Gasteiger partial charge in [-0.25, -0.2) is 9.37 Å². The smallest absolute Gasteiger partial charge is 0.313 e. The molecule has 3 aliphatic rings. The Balaban J connectivity index is 1.67. The largest absolute Gasteiger partial charge is 0.460 e. The summed E-state index contributed by atoms with van der Waals surface area (Å²) < 4.78 is 21.8. The average Bonchev–Trinajstić information content (AvgIpc) is 3.16. The number of halogens is 1. The number of nitrogens with zero attached hydrogens (tertiary/aromatic N) is 2. The minimum atomic E-state index is -0.496. The van der Waals surface area contributed by atoms with E-state index in [-0.39, 0.29) is 35.9 Å². The summed E-state index contributed by atoms with van der Waals surface area (Å²) in [6, 6.07) is 3.08. The van der Waals surface area contributed by atoms with Gasteiger partial charge in [-0.1, -0.05) is 6.92 Å². The Kier molecular flexibility index (Phi) is 4.46. The van der Waals surface area contributed by atoms with Crippen LogP contribution in [0.1, 0.15) is 72.0 Å². The van der Waals surface area contributed by atoms with E-state index in [2.05, 4.69) is 5.32 Å². The Labute approximate surface area is 194 Å². The van der Waals surface area contributed by atoms with E-state index in [1.54, 1.807) is 11.5 Å². The Hall–Kier alpha value is -3.55. The van der Waals surface area contributed by atoms with Gasteiger partial charge in [0.1, 0.15) is 12.4 Å². The first-order chi connectivity index (χ1) is 16.3. The fraction of sp³-hybridized carbons (Fsp3) is 0.385. The van der Waals surface area contributed by atoms with Crippen molar-refractivity contribution in [2.24, 2.45) is 0 Å². The number of ether oxygens (including phenoxy) is 1. The van der Waals surface area contributed by atoms with E-state index in [0.29, 0.717) is 59.4 Å². The number of fused-ring (bicyclic) bond motifs is 5. The number of cyclic esters (lactones) is 1. The molecular formula is C26H24FN3O4. The molecule has 4 heterocycles. The molecule has 1 N–H and O–H groups in total. The number of carbonyl (C=O) groups excluding carboxylic acids is 2. The maximum absolute atomic E-state index is 14.8. The van der Waals surface area contributed by atoms with Gasteiger partial charge in [-0.05, 0) is 54.5 Å². The molecule has 1 aliphatic carbocycles. The van der Waals surface area contributed by atoms with Crippen molar-refractivity contribution in [3.05, 3.63) is 61.7 Å². The van der Waals surface area contributed by atoms with E-state index >= 15 is 0 Å². The van der Waals surface area contributed by atoms with Crippen molar-refractivity contribution in [1.29, 1.82) is 0 Å². The number of hydrogen-bond acceptors (Lipinski definition) is 5. The van der Waals surface area contributed by atoms with Crippen LogP contribution in [0, 0.1) is 12.7 Å². The number of esters is 1. The van der Waals surface area contributed by atoms with Crippen molar-refractivity contribution in [3.63, 3.8) is 0 Å². The number of carbonyl (C=O) groups is 2. The highest BCUT2D eigenvalue weighted by Gasteiger charge is 2.37. The molecule has 0 unspecified atom stereocenters. The molecular weight excluding hydrogens is 437 g/mol. The highest BCUT2D eigenvalue weighted by molar-refractivity contribution is 5.93. The second-order valence-corrected chi connectivity index (χ2v) is 9.42. The van der Waals surface area contributed by atoms with Gasteiger partial charge in [0.25, 0.3) is 5.56 Å². The third-order valence-corrected chi connectivity index (χ3v) is 7.57. The Morgan fingerprint density at radius 3 is 2.79 bits per heavy atom. The van der Waals surface area contributed by atoms with Gasteiger partial charge in [0.15, 0.2) is 0 Å². The summed E-state index contributed by atoms with van der Waals surface area (Å²) in [5, 5.41) is 3.93. The SMILES string of the molecule is CC[C@H]1C(=O)OCc2c1cc1n(c2=O)Cc2c-1nc1cc(F)c(C)c3c1c2[C@@H](NC(C)=O)CC3. The van der Waals surface area contributed by atoms with E-state index in [1.807, 2.05) is 13.0 Å². The van der Waals surface area contributed by atoms with Crippen molar-refractivity contribution in [3.8, 4) is 11.4 Å².